The molecule has 6 nitrogen and oxygen atoms in total. The molecule has 0 aromatic heterocycles. The molecule has 1 rings (SSSR count). The summed E-state index contributed by atoms with van der Waals surface area (Å²) in [4.78, 5) is 12.6. The zero-order chi connectivity index (χ0) is 15.4. The van der Waals surface area contributed by atoms with Crippen LogP contribution < -0.4 is 11.5 Å². The maximum absolute atomic E-state index is 10.1. The van der Waals surface area contributed by atoms with E-state index in [4.69, 9.17) is 21.3 Å². The Kier molecular flexibility index (Phi) is 11.7. The first-order valence-corrected chi connectivity index (χ1v) is 7.40. The van der Waals surface area contributed by atoms with Crippen LogP contribution in [-0.4, -0.2) is 61.9 Å². The van der Waals surface area contributed by atoms with Gasteiger partial charge >= 0.3 is 5.97 Å². The van der Waals surface area contributed by atoms with Crippen molar-refractivity contribution in [1.29, 1.82) is 0 Å². The van der Waals surface area contributed by atoms with Crippen LogP contribution in [0.4, 0.5) is 0 Å². The smallest absolute Gasteiger partial charge is 0.320 e. The van der Waals surface area contributed by atoms with Gasteiger partial charge < -0.3 is 26.2 Å². The second-order valence-electron chi connectivity index (χ2n) is 5.29. The van der Waals surface area contributed by atoms with Crippen LogP contribution in [0.5, 0.6) is 0 Å². The Hall–Kier alpha value is -0.690. The van der Waals surface area contributed by atoms with Crippen LogP contribution in [0.2, 0.25) is 0 Å². The summed E-state index contributed by atoms with van der Waals surface area (Å²) in [6.45, 7) is 2.79. The molecule has 1 saturated heterocycles. The summed E-state index contributed by atoms with van der Waals surface area (Å²) in [6.07, 6.45) is 6.09. The van der Waals surface area contributed by atoms with E-state index >= 15 is 0 Å². The van der Waals surface area contributed by atoms with E-state index < -0.39 is 12.0 Å². The molecule has 0 bridgehead atoms. The van der Waals surface area contributed by atoms with Crippen LogP contribution in [0.15, 0.2) is 0 Å². The molecule has 1 aliphatic heterocycles. The van der Waals surface area contributed by atoms with Gasteiger partial charge in [0.1, 0.15) is 6.04 Å². The van der Waals surface area contributed by atoms with Gasteiger partial charge in [0, 0.05) is 19.8 Å². The van der Waals surface area contributed by atoms with Crippen LogP contribution in [-0.2, 0) is 9.53 Å². The van der Waals surface area contributed by atoms with Crippen molar-refractivity contribution in [3.63, 3.8) is 0 Å². The van der Waals surface area contributed by atoms with E-state index in [1.54, 1.807) is 7.11 Å². The number of hydrogen-bond donors (Lipinski definition) is 3. The molecule has 0 aromatic rings. The molecule has 0 saturated carbocycles. The van der Waals surface area contributed by atoms with E-state index in [1.807, 2.05) is 0 Å². The van der Waals surface area contributed by atoms with Crippen molar-refractivity contribution >= 4 is 5.97 Å². The maximum atomic E-state index is 10.1. The van der Waals surface area contributed by atoms with Gasteiger partial charge in [0.15, 0.2) is 0 Å². The van der Waals surface area contributed by atoms with Crippen molar-refractivity contribution in [2.24, 2.45) is 11.5 Å². The number of unbranched alkanes of at least 4 members (excludes halogenated alkanes) is 1. The molecule has 1 heterocycles. The molecular weight excluding hydrogens is 258 g/mol. The molecule has 1 fully saturated rings. The largest absolute Gasteiger partial charge is 0.480 e. The molecule has 120 valence electrons. The highest BCUT2D eigenvalue weighted by Gasteiger charge is 2.19. The Morgan fingerprint density at radius 2 is 2.20 bits per heavy atom. The minimum atomic E-state index is -0.933. The lowest BCUT2D eigenvalue weighted by atomic mass is 10.1. The van der Waals surface area contributed by atoms with Gasteiger partial charge in [0.05, 0.1) is 0 Å². The molecule has 0 aromatic carbocycles. The first-order valence-electron chi connectivity index (χ1n) is 7.40. The molecule has 2 unspecified atom stereocenters. The lowest BCUT2D eigenvalue weighted by Gasteiger charge is -2.18. The predicted octanol–water partition coefficient (Wildman–Crippen LogP) is 0.644. The summed E-state index contributed by atoms with van der Waals surface area (Å²) in [5.74, 6) is -0.933. The summed E-state index contributed by atoms with van der Waals surface area (Å²) in [7, 11) is 3.97. The van der Waals surface area contributed by atoms with Crippen LogP contribution in [0.3, 0.4) is 0 Å². The normalized spacial score (nSPS) is 20.3. The molecule has 6 heteroatoms. The van der Waals surface area contributed by atoms with Crippen LogP contribution >= 0.6 is 0 Å². The third-order valence-corrected chi connectivity index (χ3v) is 3.61. The standard InChI is InChI=1S/C8H17NO.C6H14N2O2/c1-9-6-3-4-8(9)5-7-10-2;7-4-2-1-3-5(8)6(9)10/h8H,3-7H2,1-2H3;5H,1-4,7-8H2,(H,9,10). The van der Waals surface area contributed by atoms with Crippen LogP contribution in [0.25, 0.3) is 0 Å². The molecule has 0 spiro atoms. The highest BCUT2D eigenvalue weighted by atomic mass is 16.5. The van der Waals surface area contributed by atoms with E-state index in [1.165, 1.54) is 25.8 Å². The van der Waals surface area contributed by atoms with Crippen LogP contribution in [0, 0.1) is 0 Å². The second-order valence-corrected chi connectivity index (χ2v) is 5.29. The van der Waals surface area contributed by atoms with Crippen molar-refractivity contribution in [1.82, 2.24) is 4.90 Å². The summed E-state index contributed by atoms with van der Waals surface area (Å²) < 4.78 is 5.03. The fraction of sp³-hybridized carbons (Fsp3) is 0.929. The summed E-state index contributed by atoms with van der Waals surface area (Å²) in [5, 5.41) is 8.33. The zero-order valence-corrected chi connectivity index (χ0v) is 12.9. The Morgan fingerprint density at radius 1 is 1.50 bits per heavy atom. The highest BCUT2D eigenvalue weighted by Crippen LogP contribution is 2.17. The fourth-order valence-corrected chi connectivity index (χ4v) is 2.23. The number of carbonyl (C=O) groups is 1. The average molecular weight is 289 g/mol. The van der Waals surface area contributed by atoms with Crippen molar-refractivity contribution in [2.45, 2.75) is 50.6 Å². The molecule has 5 N–H and O–H groups in total. The number of ether oxygens (including phenoxy) is 1. The molecule has 1 aliphatic rings. The number of rotatable bonds is 8. The zero-order valence-electron chi connectivity index (χ0n) is 12.9. The topological polar surface area (TPSA) is 102 Å². The predicted molar refractivity (Wildman–Crippen MR) is 80.7 cm³/mol. The number of likely N-dealkylation sites (tertiary alicyclic amines) is 1. The number of aliphatic carboxylic acids is 1. The first kappa shape index (κ1) is 19.3. The highest BCUT2D eigenvalue weighted by molar-refractivity contribution is 5.72. The second kappa shape index (κ2) is 12.1. The minimum Gasteiger partial charge on any atom is -0.480 e. The molecule has 0 aliphatic carbocycles. The third-order valence-electron chi connectivity index (χ3n) is 3.61. The van der Waals surface area contributed by atoms with E-state index in [-0.39, 0.29) is 0 Å². The Morgan fingerprint density at radius 3 is 2.65 bits per heavy atom. The van der Waals surface area contributed by atoms with Gasteiger partial charge in [-0.25, -0.2) is 0 Å². The number of carboxylic acids is 1. The molecule has 2 atom stereocenters. The Labute approximate surface area is 122 Å². The van der Waals surface area contributed by atoms with Gasteiger partial charge in [-0.1, -0.05) is 6.42 Å². The van der Waals surface area contributed by atoms with Crippen molar-refractivity contribution in [2.75, 3.05) is 33.9 Å². The van der Waals surface area contributed by atoms with E-state index in [2.05, 4.69) is 11.9 Å². The van der Waals surface area contributed by atoms with Crippen molar-refractivity contribution < 1.29 is 14.6 Å². The lowest BCUT2D eigenvalue weighted by Crippen LogP contribution is -2.29. The third kappa shape index (κ3) is 9.25. The quantitative estimate of drug-likeness (QED) is 0.567. The SMILES string of the molecule is COCCC1CCCN1C.NCCCCC(N)C(=O)O. The average Bonchev–Trinajstić information content (AvgIpc) is 2.82. The van der Waals surface area contributed by atoms with E-state index in [9.17, 15) is 4.79 Å². The number of carboxylic acid groups (broad SMARTS) is 1. The molecule has 20 heavy (non-hydrogen) atoms. The number of nitrogens with zero attached hydrogens (tertiary/aromatic N) is 1. The van der Waals surface area contributed by atoms with Gasteiger partial charge in [0.2, 0.25) is 0 Å². The van der Waals surface area contributed by atoms with Crippen LogP contribution in [0.1, 0.15) is 38.5 Å². The van der Waals surface area contributed by atoms with Gasteiger partial charge in [-0.3, -0.25) is 4.79 Å². The molecule has 0 radical (unpaired) electrons. The monoisotopic (exact) mass is 289 g/mol. The van der Waals surface area contributed by atoms with Gasteiger partial charge in [-0.05, 0) is 52.2 Å². The number of methoxy groups -OCH3 is 1. The summed E-state index contributed by atoms with van der Waals surface area (Å²) in [5.41, 5.74) is 10.4. The van der Waals surface area contributed by atoms with Crippen molar-refractivity contribution in [3.05, 3.63) is 0 Å². The number of nitrogens with two attached hydrogens (primary N) is 2. The van der Waals surface area contributed by atoms with Gasteiger partial charge in [-0.15, -0.1) is 0 Å². The fourth-order valence-electron chi connectivity index (χ4n) is 2.23. The summed E-state index contributed by atoms with van der Waals surface area (Å²) >= 11 is 0. The number of hydrogen-bond acceptors (Lipinski definition) is 5. The molecular formula is C14H31N3O3. The van der Waals surface area contributed by atoms with Crippen molar-refractivity contribution in [3.8, 4) is 0 Å². The Balaban J connectivity index is 0.000000361. The van der Waals surface area contributed by atoms with E-state index in [0.717, 1.165) is 25.5 Å². The Bertz CT molecular complexity index is 252. The maximum Gasteiger partial charge on any atom is 0.320 e. The van der Waals surface area contributed by atoms with Gasteiger partial charge in [-0.2, -0.15) is 0 Å². The molecule has 0 amide bonds. The first-order chi connectivity index (χ1) is 9.52. The lowest BCUT2D eigenvalue weighted by molar-refractivity contribution is -0.138. The van der Waals surface area contributed by atoms with E-state index in [0.29, 0.717) is 13.0 Å². The minimum absolute atomic E-state index is 0.520. The summed E-state index contributed by atoms with van der Waals surface area (Å²) in [6, 6.07) is 0.0755. The van der Waals surface area contributed by atoms with Gasteiger partial charge in [0.25, 0.3) is 0 Å².